The number of aromatic nitrogens is 1. The average Bonchev–Trinajstić information content (AvgIpc) is 3.21. The molecule has 2 aromatic carbocycles. The number of carbonyl (C=O) groups is 1. The second kappa shape index (κ2) is 10.8. The Hall–Kier alpha value is -2.65. The van der Waals surface area contributed by atoms with Crippen LogP contribution in [0, 0.1) is 12.8 Å². The molecule has 5 nitrogen and oxygen atoms in total. The van der Waals surface area contributed by atoms with E-state index in [9.17, 15) is 18.0 Å². The molecule has 1 saturated heterocycles. The summed E-state index contributed by atoms with van der Waals surface area (Å²) >= 11 is 1.33. The molecule has 1 atom stereocenters. The van der Waals surface area contributed by atoms with Crippen LogP contribution in [0.3, 0.4) is 0 Å². The molecule has 4 rings (SSSR count). The number of halogens is 3. The third kappa shape index (κ3) is 6.18. The first kappa shape index (κ1) is 26.4. The summed E-state index contributed by atoms with van der Waals surface area (Å²) in [5, 5.41) is 0.773. The molecule has 0 radical (unpaired) electrons. The van der Waals surface area contributed by atoms with Gasteiger partial charge in [0.25, 0.3) is 0 Å². The highest BCUT2D eigenvalue weighted by Gasteiger charge is 2.33. The van der Waals surface area contributed by atoms with E-state index in [4.69, 9.17) is 4.74 Å². The molecule has 0 amide bonds. The number of esters is 1. The fourth-order valence-corrected chi connectivity index (χ4v) is 5.90. The topological polar surface area (TPSA) is 45.7 Å². The van der Waals surface area contributed by atoms with Crippen molar-refractivity contribution in [3.8, 4) is 0 Å². The molecule has 1 aliphatic rings. The number of ether oxygens (including phenoxy) is 1. The largest absolute Gasteiger partial charge is 0.466 e. The Morgan fingerprint density at radius 3 is 2.61 bits per heavy atom. The standard InChI is InChI=1S/C27H32F3N3O2S/c1-5-35-25(34)13-19-10-18(4)11-20(12-19)15-32-8-9-33(23(16-32)17(2)3)26-31-22-7-6-21(27(28,29)30)14-24(22)36-26/h6-7,10-12,14,17,23H,5,8-9,13,15-16H2,1-4H3/t23-/m0/s1. The average molecular weight is 520 g/mol. The predicted molar refractivity (Wildman–Crippen MR) is 137 cm³/mol. The minimum atomic E-state index is -4.36. The Bertz CT molecular complexity index is 1220. The lowest BCUT2D eigenvalue weighted by atomic mass is 9.99. The smallest absolute Gasteiger partial charge is 0.416 e. The van der Waals surface area contributed by atoms with E-state index in [0.29, 0.717) is 22.7 Å². The van der Waals surface area contributed by atoms with Crippen LogP contribution in [0.25, 0.3) is 10.2 Å². The zero-order chi connectivity index (χ0) is 26.0. The quantitative estimate of drug-likeness (QED) is 0.354. The van der Waals surface area contributed by atoms with Crippen LogP contribution in [-0.4, -0.2) is 48.1 Å². The van der Waals surface area contributed by atoms with Crippen LogP contribution in [0.2, 0.25) is 0 Å². The number of nitrogens with zero attached hydrogens (tertiary/aromatic N) is 3. The summed E-state index contributed by atoms with van der Waals surface area (Å²) in [7, 11) is 0. The van der Waals surface area contributed by atoms with Crippen molar-refractivity contribution in [3.05, 3.63) is 58.7 Å². The number of piperazine rings is 1. The number of alkyl halides is 3. The lowest BCUT2D eigenvalue weighted by Crippen LogP contribution is -2.55. The maximum absolute atomic E-state index is 13.2. The number of anilines is 1. The molecule has 1 aliphatic heterocycles. The SMILES string of the molecule is CCOC(=O)Cc1cc(C)cc(CN2CCN(c3nc4ccc(C(F)(F)F)cc4s3)[C@H](C(C)C)C2)c1. The van der Waals surface area contributed by atoms with E-state index in [0.717, 1.165) is 54.1 Å². The Morgan fingerprint density at radius 1 is 1.17 bits per heavy atom. The maximum Gasteiger partial charge on any atom is 0.416 e. The number of thiazole rings is 1. The zero-order valence-corrected chi connectivity index (χ0v) is 21.9. The van der Waals surface area contributed by atoms with Crippen molar-refractivity contribution in [1.82, 2.24) is 9.88 Å². The second-order valence-corrected chi connectivity index (χ2v) is 10.7. The van der Waals surface area contributed by atoms with Gasteiger partial charge in [-0.3, -0.25) is 9.69 Å². The van der Waals surface area contributed by atoms with Crippen LogP contribution in [0.4, 0.5) is 18.3 Å². The molecule has 0 saturated carbocycles. The third-order valence-electron chi connectivity index (χ3n) is 6.48. The van der Waals surface area contributed by atoms with Gasteiger partial charge in [0.05, 0.1) is 28.8 Å². The highest BCUT2D eigenvalue weighted by Crippen LogP contribution is 2.37. The van der Waals surface area contributed by atoms with Gasteiger partial charge in [-0.25, -0.2) is 4.98 Å². The van der Waals surface area contributed by atoms with Crippen molar-refractivity contribution in [2.75, 3.05) is 31.1 Å². The van der Waals surface area contributed by atoms with Crippen molar-refractivity contribution >= 4 is 32.7 Å². The summed E-state index contributed by atoms with van der Waals surface area (Å²) < 4.78 is 45.1. The van der Waals surface area contributed by atoms with Gasteiger partial charge in [-0.15, -0.1) is 0 Å². The van der Waals surface area contributed by atoms with Crippen LogP contribution in [0.5, 0.6) is 0 Å². The van der Waals surface area contributed by atoms with Gasteiger partial charge in [0, 0.05) is 32.2 Å². The van der Waals surface area contributed by atoms with Gasteiger partial charge in [-0.05, 0) is 49.1 Å². The Balaban J connectivity index is 1.50. The molecule has 1 fully saturated rings. The van der Waals surface area contributed by atoms with Crippen LogP contribution >= 0.6 is 11.3 Å². The van der Waals surface area contributed by atoms with Gasteiger partial charge in [0.1, 0.15) is 0 Å². The summed E-state index contributed by atoms with van der Waals surface area (Å²) in [4.78, 5) is 21.3. The monoisotopic (exact) mass is 519 g/mol. The number of hydrogen-bond donors (Lipinski definition) is 0. The number of carbonyl (C=O) groups excluding carboxylic acids is 1. The lowest BCUT2D eigenvalue weighted by Gasteiger charge is -2.43. The summed E-state index contributed by atoms with van der Waals surface area (Å²) in [5.41, 5.74) is 3.18. The summed E-state index contributed by atoms with van der Waals surface area (Å²) in [5.74, 6) is 0.114. The second-order valence-electron chi connectivity index (χ2n) is 9.73. The van der Waals surface area contributed by atoms with Gasteiger partial charge < -0.3 is 9.64 Å². The van der Waals surface area contributed by atoms with Gasteiger partial charge in [-0.2, -0.15) is 13.2 Å². The maximum atomic E-state index is 13.2. The molecular weight excluding hydrogens is 487 g/mol. The van der Waals surface area contributed by atoms with Gasteiger partial charge in [0.2, 0.25) is 0 Å². The molecular formula is C27H32F3N3O2S. The minimum absolute atomic E-state index is 0.185. The molecule has 3 aromatic rings. The molecule has 0 bridgehead atoms. The molecule has 1 aromatic heterocycles. The van der Waals surface area contributed by atoms with Crippen LogP contribution < -0.4 is 4.90 Å². The minimum Gasteiger partial charge on any atom is -0.466 e. The first-order valence-electron chi connectivity index (χ1n) is 12.3. The van der Waals surface area contributed by atoms with Crippen LogP contribution in [0.15, 0.2) is 36.4 Å². The highest BCUT2D eigenvalue weighted by molar-refractivity contribution is 7.22. The summed E-state index contributed by atoms with van der Waals surface area (Å²) in [6, 6.07) is 10.2. The van der Waals surface area contributed by atoms with E-state index in [-0.39, 0.29) is 18.4 Å². The molecule has 0 aliphatic carbocycles. The molecule has 9 heteroatoms. The van der Waals surface area contributed by atoms with E-state index in [2.05, 4.69) is 40.8 Å². The van der Waals surface area contributed by atoms with Crippen molar-refractivity contribution < 1.29 is 22.7 Å². The van der Waals surface area contributed by atoms with Crippen LogP contribution in [-0.2, 0) is 28.7 Å². The first-order chi connectivity index (χ1) is 17.0. The van der Waals surface area contributed by atoms with E-state index >= 15 is 0 Å². The third-order valence-corrected chi connectivity index (χ3v) is 7.53. The Labute approximate surface area is 213 Å². The van der Waals surface area contributed by atoms with E-state index < -0.39 is 11.7 Å². The summed E-state index contributed by atoms with van der Waals surface area (Å²) in [6.07, 6.45) is -4.10. The fourth-order valence-electron chi connectivity index (χ4n) is 4.81. The normalized spacial score (nSPS) is 17.2. The highest BCUT2D eigenvalue weighted by atomic mass is 32.1. The number of aryl methyl sites for hydroxylation is 1. The van der Waals surface area contributed by atoms with Gasteiger partial charge in [-0.1, -0.05) is 48.9 Å². The first-order valence-corrected chi connectivity index (χ1v) is 13.1. The van der Waals surface area contributed by atoms with E-state index in [1.807, 2.05) is 13.0 Å². The molecule has 194 valence electrons. The number of rotatable bonds is 7. The van der Waals surface area contributed by atoms with Gasteiger partial charge in [0.15, 0.2) is 5.13 Å². The molecule has 0 unspecified atom stereocenters. The van der Waals surface area contributed by atoms with Crippen molar-refractivity contribution in [1.29, 1.82) is 0 Å². The lowest BCUT2D eigenvalue weighted by molar-refractivity contribution is -0.142. The number of benzene rings is 2. The van der Waals surface area contributed by atoms with E-state index in [1.165, 1.54) is 23.5 Å². The zero-order valence-electron chi connectivity index (χ0n) is 21.1. The molecule has 2 heterocycles. The van der Waals surface area contributed by atoms with Crippen molar-refractivity contribution in [3.63, 3.8) is 0 Å². The van der Waals surface area contributed by atoms with E-state index in [1.54, 1.807) is 6.92 Å². The number of fused-ring (bicyclic) bond motifs is 1. The molecule has 36 heavy (non-hydrogen) atoms. The fraction of sp³-hybridized carbons (Fsp3) is 0.481. The van der Waals surface area contributed by atoms with Gasteiger partial charge >= 0.3 is 12.1 Å². The van der Waals surface area contributed by atoms with Crippen molar-refractivity contribution in [2.24, 2.45) is 5.92 Å². The molecule has 0 N–H and O–H groups in total. The number of hydrogen-bond acceptors (Lipinski definition) is 6. The summed E-state index contributed by atoms with van der Waals surface area (Å²) in [6.45, 7) is 11.7. The van der Waals surface area contributed by atoms with Crippen molar-refractivity contribution in [2.45, 2.75) is 52.9 Å². The molecule has 0 spiro atoms. The van der Waals surface area contributed by atoms with Crippen LogP contribution in [0.1, 0.15) is 43.0 Å². The predicted octanol–water partition coefficient (Wildman–Crippen LogP) is 6.08. The Kier molecular flexibility index (Phi) is 7.90. The Morgan fingerprint density at radius 2 is 1.92 bits per heavy atom.